The van der Waals surface area contributed by atoms with E-state index in [1.165, 1.54) is 0 Å². The molecule has 1 aliphatic heterocycles. The molecule has 37 heavy (non-hydrogen) atoms. The zero-order chi connectivity index (χ0) is 25.6. The van der Waals surface area contributed by atoms with Crippen LogP contribution in [0.3, 0.4) is 0 Å². The van der Waals surface area contributed by atoms with Crippen LogP contribution in [0.25, 0.3) is 23.0 Å². The Balaban J connectivity index is 1.59. The van der Waals surface area contributed by atoms with Gasteiger partial charge in [0.15, 0.2) is 0 Å². The average Bonchev–Trinajstić information content (AvgIpc) is 3.38. The van der Waals surface area contributed by atoms with Crippen LogP contribution in [-0.2, 0) is 4.79 Å². The first-order valence-corrected chi connectivity index (χ1v) is 12.7. The highest BCUT2D eigenvalue weighted by Crippen LogP contribution is 2.27. The molecule has 186 valence electrons. The topological polar surface area (TPSA) is 67.2 Å². The summed E-state index contributed by atoms with van der Waals surface area (Å²) in [6, 6.07) is 26.1. The van der Waals surface area contributed by atoms with Gasteiger partial charge in [-0.15, -0.1) is 0 Å². The van der Waals surface area contributed by atoms with Crippen LogP contribution < -0.4 is 5.32 Å². The molecule has 1 aliphatic rings. The van der Waals surface area contributed by atoms with Crippen molar-refractivity contribution in [2.75, 3.05) is 13.1 Å². The fourth-order valence-corrected chi connectivity index (χ4v) is 4.52. The first-order valence-electron chi connectivity index (χ1n) is 12.4. The first-order chi connectivity index (χ1) is 18.1. The van der Waals surface area contributed by atoms with Crippen LogP contribution in [0.1, 0.15) is 35.2 Å². The van der Waals surface area contributed by atoms with E-state index in [4.69, 9.17) is 16.7 Å². The normalized spacial score (nSPS) is 13.9. The Morgan fingerprint density at radius 2 is 1.49 bits per heavy atom. The summed E-state index contributed by atoms with van der Waals surface area (Å²) in [5.41, 5.74) is 3.83. The van der Waals surface area contributed by atoms with Crippen LogP contribution in [0, 0.1) is 0 Å². The molecule has 0 aliphatic carbocycles. The van der Waals surface area contributed by atoms with E-state index in [2.05, 4.69) is 5.32 Å². The van der Waals surface area contributed by atoms with Crippen molar-refractivity contribution in [3.63, 3.8) is 0 Å². The van der Waals surface area contributed by atoms with E-state index in [0.717, 1.165) is 30.5 Å². The summed E-state index contributed by atoms with van der Waals surface area (Å²) in [5.74, 6) is -0.529. The van der Waals surface area contributed by atoms with Gasteiger partial charge < -0.3 is 10.2 Å². The standard InChI is InChI=1S/C30H27ClN4O2/c31-25-16-14-22(15-17-25)28-24(21-35(33-28)26-12-6-2-7-13-26)20-27(30(37)34-18-8-3-9-19-34)32-29(36)23-10-4-1-5-11-23/h1-2,4-7,10-17,20-21H,3,8-9,18-19H2,(H,32,36). The van der Waals surface area contributed by atoms with Crippen LogP contribution in [-0.4, -0.2) is 39.6 Å². The van der Waals surface area contributed by atoms with Gasteiger partial charge in [-0.2, -0.15) is 5.10 Å². The lowest BCUT2D eigenvalue weighted by Crippen LogP contribution is -2.41. The third kappa shape index (κ3) is 5.81. The molecule has 1 aromatic heterocycles. The lowest BCUT2D eigenvalue weighted by atomic mass is 10.1. The largest absolute Gasteiger partial charge is 0.337 e. The Morgan fingerprint density at radius 1 is 0.838 bits per heavy atom. The van der Waals surface area contributed by atoms with E-state index in [0.29, 0.717) is 34.9 Å². The smallest absolute Gasteiger partial charge is 0.270 e. The highest BCUT2D eigenvalue weighted by molar-refractivity contribution is 6.30. The minimum atomic E-state index is -0.333. The number of piperidine rings is 1. The maximum absolute atomic E-state index is 13.6. The SMILES string of the molecule is O=C(NC(=Cc1cn(-c2ccccc2)nc1-c1ccc(Cl)cc1)C(=O)N1CCCCC1)c1ccccc1. The van der Waals surface area contributed by atoms with Crippen molar-refractivity contribution in [1.29, 1.82) is 0 Å². The Labute approximate surface area is 221 Å². The number of hydrogen-bond donors (Lipinski definition) is 1. The highest BCUT2D eigenvalue weighted by Gasteiger charge is 2.23. The Bertz CT molecular complexity index is 1410. The monoisotopic (exact) mass is 510 g/mol. The zero-order valence-electron chi connectivity index (χ0n) is 20.3. The second-order valence-corrected chi connectivity index (χ2v) is 9.39. The van der Waals surface area contributed by atoms with Gasteiger partial charge in [0.1, 0.15) is 11.4 Å². The molecule has 2 amide bonds. The molecule has 1 N–H and O–H groups in total. The third-order valence-corrected chi connectivity index (χ3v) is 6.59. The molecule has 0 unspecified atom stereocenters. The molecule has 1 fully saturated rings. The van der Waals surface area contributed by atoms with Crippen LogP contribution in [0.15, 0.2) is 96.8 Å². The summed E-state index contributed by atoms with van der Waals surface area (Å²) < 4.78 is 1.78. The molecule has 1 saturated heterocycles. The lowest BCUT2D eigenvalue weighted by Gasteiger charge is -2.27. The molecule has 7 heteroatoms. The van der Waals surface area contributed by atoms with Crippen molar-refractivity contribution >= 4 is 29.5 Å². The number of aromatic nitrogens is 2. The number of nitrogens with one attached hydrogen (secondary N) is 1. The van der Waals surface area contributed by atoms with Gasteiger partial charge in [-0.3, -0.25) is 9.59 Å². The van der Waals surface area contributed by atoms with Crippen molar-refractivity contribution < 1.29 is 9.59 Å². The number of hydrogen-bond acceptors (Lipinski definition) is 3. The van der Waals surface area contributed by atoms with Gasteiger partial charge in [0.2, 0.25) is 0 Å². The van der Waals surface area contributed by atoms with Crippen LogP contribution in [0.5, 0.6) is 0 Å². The van der Waals surface area contributed by atoms with Crippen molar-refractivity contribution in [3.05, 3.63) is 113 Å². The molecule has 0 saturated carbocycles. The van der Waals surface area contributed by atoms with E-state index in [9.17, 15) is 9.59 Å². The van der Waals surface area contributed by atoms with Gasteiger partial charge in [0.05, 0.1) is 5.69 Å². The Kier molecular flexibility index (Phi) is 7.47. The summed E-state index contributed by atoms with van der Waals surface area (Å²) in [5, 5.41) is 8.35. The third-order valence-electron chi connectivity index (χ3n) is 6.34. The van der Waals surface area contributed by atoms with Gasteiger partial charge in [0, 0.05) is 41.0 Å². The number of amides is 2. The Hall–Kier alpha value is -4.16. The quantitative estimate of drug-likeness (QED) is 0.325. The second-order valence-electron chi connectivity index (χ2n) is 8.95. The number of halogens is 1. The van der Waals surface area contributed by atoms with E-state index in [-0.39, 0.29) is 17.5 Å². The number of carbonyl (C=O) groups excluding carboxylic acids is 2. The van der Waals surface area contributed by atoms with Crippen LogP contribution in [0.2, 0.25) is 5.02 Å². The van der Waals surface area contributed by atoms with Gasteiger partial charge in [0.25, 0.3) is 11.8 Å². The minimum absolute atomic E-state index is 0.196. The molecule has 3 aromatic carbocycles. The van der Waals surface area contributed by atoms with Crippen molar-refractivity contribution in [3.8, 4) is 16.9 Å². The molecular formula is C30H27ClN4O2. The van der Waals surface area contributed by atoms with E-state index in [1.54, 1.807) is 35.0 Å². The van der Waals surface area contributed by atoms with E-state index < -0.39 is 0 Å². The number of rotatable bonds is 6. The fourth-order valence-electron chi connectivity index (χ4n) is 4.40. The number of likely N-dealkylation sites (tertiary alicyclic amines) is 1. The number of benzene rings is 3. The van der Waals surface area contributed by atoms with Gasteiger partial charge in [-0.1, -0.05) is 60.1 Å². The maximum Gasteiger partial charge on any atom is 0.270 e. The summed E-state index contributed by atoms with van der Waals surface area (Å²) >= 11 is 6.13. The van der Waals surface area contributed by atoms with Crippen molar-refractivity contribution in [2.45, 2.75) is 19.3 Å². The van der Waals surface area contributed by atoms with Gasteiger partial charge in [-0.25, -0.2) is 4.68 Å². The van der Waals surface area contributed by atoms with Crippen LogP contribution >= 0.6 is 11.6 Å². The van der Waals surface area contributed by atoms with Crippen molar-refractivity contribution in [1.82, 2.24) is 20.0 Å². The molecule has 6 nitrogen and oxygen atoms in total. The van der Waals surface area contributed by atoms with Crippen molar-refractivity contribution in [2.24, 2.45) is 0 Å². The molecule has 0 atom stereocenters. The maximum atomic E-state index is 13.6. The molecule has 0 bridgehead atoms. The molecule has 2 heterocycles. The number of carbonyl (C=O) groups is 2. The van der Waals surface area contributed by atoms with Gasteiger partial charge >= 0.3 is 0 Å². The molecule has 5 rings (SSSR count). The minimum Gasteiger partial charge on any atom is -0.337 e. The summed E-state index contributed by atoms with van der Waals surface area (Å²) in [6.07, 6.45) is 6.61. The van der Waals surface area contributed by atoms with E-state index >= 15 is 0 Å². The van der Waals surface area contributed by atoms with Crippen LogP contribution in [0.4, 0.5) is 0 Å². The Morgan fingerprint density at radius 3 is 2.16 bits per heavy atom. The predicted octanol–water partition coefficient (Wildman–Crippen LogP) is 5.98. The molecule has 0 spiro atoms. The predicted molar refractivity (Wildman–Crippen MR) is 146 cm³/mol. The fraction of sp³-hybridized carbons (Fsp3) is 0.167. The molecule has 4 aromatic rings. The highest BCUT2D eigenvalue weighted by atomic mass is 35.5. The average molecular weight is 511 g/mol. The summed E-state index contributed by atoms with van der Waals surface area (Å²) in [7, 11) is 0. The summed E-state index contributed by atoms with van der Waals surface area (Å²) in [4.78, 5) is 28.5. The molecule has 0 radical (unpaired) electrons. The first kappa shape index (κ1) is 24.5. The number of para-hydroxylation sites is 1. The lowest BCUT2D eigenvalue weighted by molar-refractivity contribution is -0.128. The second kappa shape index (κ2) is 11.3. The number of nitrogens with zero attached hydrogens (tertiary/aromatic N) is 3. The van der Waals surface area contributed by atoms with E-state index in [1.807, 2.05) is 71.8 Å². The molecular weight excluding hydrogens is 484 g/mol. The summed E-state index contributed by atoms with van der Waals surface area (Å²) in [6.45, 7) is 1.34. The van der Waals surface area contributed by atoms with Gasteiger partial charge in [-0.05, 0) is 61.7 Å². The zero-order valence-corrected chi connectivity index (χ0v) is 21.1.